The van der Waals surface area contributed by atoms with Crippen LogP contribution in [-0.4, -0.2) is 528 Å². The summed E-state index contributed by atoms with van der Waals surface area (Å²) in [6.07, 6.45) is -95.2. The predicted molar refractivity (Wildman–Crippen MR) is 375 cm³/mol. The topological polar surface area (TPSA) is 838 Å². The summed E-state index contributed by atoms with van der Waals surface area (Å²) in [5.74, 6) is -3.76. The molecule has 1 unspecified atom stereocenters. The Hall–Kier alpha value is -3.96. The van der Waals surface area contributed by atoms with Crippen LogP contribution in [0, 0.1) is 0 Å². The fraction of sp³-hybridized carbons (Fsp3) is 0.941. The van der Waals surface area contributed by atoms with E-state index in [0.29, 0.717) is 0 Å². The van der Waals surface area contributed by atoms with Gasteiger partial charge in [0.25, 0.3) is 0 Å². The molecule has 10 saturated heterocycles. The van der Waals surface area contributed by atoms with Gasteiger partial charge in [-0.2, -0.15) is 0 Å². The standard InChI is InChI=1S/C68H114N4O50/c1-15-33(84)43(94)48(99)63(106-15)104-14-28-55(39(90)29(59(103)107-28)69-16(2)80)116-60-30(70-17(3)81)40(91)54(26(12-79)112-60)119-66-51(102)56(120-68-58(47(98)37(88)23(9-76)111-68)122-62-32(72-19(5)83)42(93)53(25(11-78)114-62)118-65-50(101)45(96)35(86)21(7-74)109-65)38(89)27(115-66)13-105-67-57(46(97)36(87)22(8-75)110-67)121-61-31(71-18(4)82)41(92)52(24(10-77)113-61)117-64-49(100)44(95)34(85)20(6-73)108-64/h15,20-68,73-79,84-103H,6-14H2,1-5H3,(H,69,80)(H,70,81)(H,71,82)(H,72,83)/t15-,20+,21+,22+,23+,24+,25+,26+,27+,28+,29+,30+,31+,32+,33+,34-,35-,36+,37+,38+,39+,40+,41+,42+,43+,44-,45-,46-,47-,48-,49+,50+,51-,52+,53+,54+,55+,56-,57-,58-,59+,60?,61-,62-,63+,64-,65-,66-,67-,68+/m0/s1. The van der Waals surface area contributed by atoms with Crippen LogP contribution in [0.5, 0.6) is 0 Å². The highest BCUT2D eigenvalue weighted by molar-refractivity contribution is 5.74. The van der Waals surface area contributed by atoms with Crippen molar-refractivity contribution in [3.05, 3.63) is 0 Å². The summed E-state index contributed by atoms with van der Waals surface area (Å²) >= 11 is 0. The number of hydrogen-bond acceptors (Lipinski definition) is 50. The number of carbonyl (C=O) groups excluding carboxylic acids is 4. The molecule has 122 heavy (non-hydrogen) atoms. The summed E-state index contributed by atoms with van der Waals surface area (Å²) < 4.78 is 113. The van der Waals surface area contributed by atoms with Crippen molar-refractivity contribution < 1.29 is 247 Å². The van der Waals surface area contributed by atoms with E-state index < -0.39 is 390 Å². The first kappa shape index (κ1) is 100. The SMILES string of the molecule is CC(=O)N[C@@H]1[C@@H](O)[C@H](OC2O[C@H](CO)[C@@H](O[C@@H]3O[C@H](CO[C@H]4O[C@H](CO)[C@@H](O)[C@H](O)[C@@H]4O[C@@H]4O[C@H](CO)[C@@H](O[C@@H]5O[C@H](CO)[C@H](O)[C@H](O)[C@H]5O)[C@H](O)[C@H]4NC(C)=O)[C@@H](O)[C@H](O[C@H]4O[C@H](CO)[C@@H](O)[C@H](O)[C@@H]4O[C@@H]4O[C@H](CO)[C@@H](O[C@@H]5O[C@H](CO)[C@H](O)[C@H](O)[C@H]5O)[C@H](O)[C@H]4NC(C)=O)[C@@H]3O)[C@H](O)[C@H]2NC(C)=O)[C@@H](CO[C@@H]2O[C@@H](C)[C@@H](O)[C@@H](O)[C@@H]2O)O[C@H]1O. The predicted octanol–water partition coefficient (Wildman–Crippen LogP) is -21.2. The molecule has 0 aromatic heterocycles. The molecule has 10 heterocycles. The van der Waals surface area contributed by atoms with Gasteiger partial charge in [0, 0.05) is 27.7 Å². The minimum atomic E-state index is -2.63. The maximum atomic E-state index is 13.3. The van der Waals surface area contributed by atoms with Crippen molar-refractivity contribution in [2.75, 3.05) is 59.5 Å². The summed E-state index contributed by atoms with van der Waals surface area (Å²) in [6, 6.07) is -7.69. The van der Waals surface area contributed by atoms with E-state index >= 15 is 0 Å². The molecular formula is C68H114N4O50. The molecule has 54 heteroatoms. The number of ether oxygens (including phenoxy) is 19. The van der Waals surface area contributed by atoms with Crippen LogP contribution in [-0.2, 0) is 109 Å². The molecule has 10 fully saturated rings. The normalized spacial score (nSPS) is 49.7. The number of nitrogens with one attached hydrogen (secondary N) is 4. The van der Waals surface area contributed by atoms with Crippen LogP contribution < -0.4 is 21.3 Å². The molecule has 0 spiro atoms. The summed E-state index contributed by atoms with van der Waals surface area (Å²) in [7, 11) is 0. The zero-order valence-corrected chi connectivity index (χ0v) is 65.7. The zero-order valence-electron chi connectivity index (χ0n) is 65.7. The van der Waals surface area contributed by atoms with Crippen molar-refractivity contribution in [3.63, 3.8) is 0 Å². The van der Waals surface area contributed by atoms with Crippen LogP contribution in [0.1, 0.15) is 34.6 Å². The van der Waals surface area contributed by atoms with Crippen molar-refractivity contribution >= 4 is 23.6 Å². The summed E-state index contributed by atoms with van der Waals surface area (Å²) in [4.78, 5) is 51.6. The van der Waals surface area contributed by atoms with Crippen molar-refractivity contribution in [1.82, 2.24) is 21.3 Å². The zero-order chi connectivity index (χ0) is 89.8. The third-order valence-corrected chi connectivity index (χ3v) is 22.4. The van der Waals surface area contributed by atoms with E-state index in [1.165, 1.54) is 6.92 Å². The molecule has 10 aliphatic heterocycles. The molecule has 0 aromatic carbocycles. The number of aliphatic hydroxyl groups is 27. The van der Waals surface area contributed by atoms with Gasteiger partial charge in [-0.05, 0) is 6.92 Å². The highest BCUT2D eigenvalue weighted by Crippen LogP contribution is 2.41. The minimum absolute atomic E-state index is 0.846. The van der Waals surface area contributed by atoms with Crippen LogP contribution >= 0.6 is 0 Å². The third-order valence-electron chi connectivity index (χ3n) is 22.4. The van der Waals surface area contributed by atoms with Gasteiger partial charge in [0.05, 0.1) is 65.6 Å². The van der Waals surface area contributed by atoms with Gasteiger partial charge in [-0.3, -0.25) is 19.2 Å². The molecule has 10 aliphatic rings. The van der Waals surface area contributed by atoms with Gasteiger partial charge in [-0.25, -0.2) is 0 Å². The molecule has 54 nitrogen and oxygen atoms in total. The number of amides is 4. The van der Waals surface area contributed by atoms with E-state index in [4.69, 9.17) is 90.0 Å². The maximum Gasteiger partial charge on any atom is 0.217 e. The Morgan fingerprint density at radius 2 is 0.500 bits per heavy atom. The number of carbonyl (C=O) groups is 4. The highest BCUT2D eigenvalue weighted by atomic mass is 16.8. The van der Waals surface area contributed by atoms with Crippen LogP contribution in [0.2, 0.25) is 0 Å². The Kier molecular flexibility index (Phi) is 35.8. The monoisotopic (exact) mass is 1790 g/mol. The average molecular weight is 1790 g/mol. The van der Waals surface area contributed by atoms with Gasteiger partial charge in [0.1, 0.15) is 238 Å². The van der Waals surface area contributed by atoms with Gasteiger partial charge in [-0.1, -0.05) is 0 Å². The summed E-state index contributed by atoms with van der Waals surface area (Å²) in [6.45, 7) is -4.83. The van der Waals surface area contributed by atoms with E-state index in [0.717, 1.165) is 27.7 Å². The Morgan fingerprint density at radius 1 is 0.230 bits per heavy atom. The average Bonchev–Trinajstić information content (AvgIpc) is 0.770. The maximum absolute atomic E-state index is 13.3. The van der Waals surface area contributed by atoms with Crippen molar-refractivity contribution in [2.45, 2.75) is 341 Å². The lowest BCUT2D eigenvalue weighted by molar-refractivity contribution is -0.399. The van der Waals surface area contributed by atoms with Gasteiger partial charge in [-0.15, -0.1) is 0 Å². The fourth-order valence-electron chi connectivity index (χ4n) is 15.8. The van der Waals surface area contributed by atoms with Crippen LogP contribution in [0.4, 0.5) is 0 Å². The van der Waals surface area contributed by atoms with Crippen LogP contribution in [0.15, 0.2) is 0 Å². The third kappa shape index (κ3) is 22.0. The number of rotatable bonds is 31. The van der Waals surface area contributed by atoms with Crippen molar-refractivity contribution in [1.29, 1.82) is 0 Å². The second kappa shape index (κ2) is 43.6. The Balaban J connectivity index is 0.983. The molecular weight excluding hydrogens is 1670 g/mol. The van der Waals surface area contributed by atoms with Crippen molar-refractivity contribution in [3.8, 4) is 0 Å². The molecule has 0 aliphatic carbocycles. The smallest absolute Gasteiger partial charge is 0.217 e. The van der Waals surface area contributed by atoms with Crippen LogP contribution in [0.3, 0.4) is 0 Å². The van der Waals surface area contributed by atoms with E-state index in [-0.39, 0.29) is 0 Å². The first-order valence-electron chi connectivity index (χ1n) is 39.0. The fourth-order valence-corrected chi connectivity index (χ4v) is 15.8. The Morgan fingerprint density at radius 3 is 0.893 bits per heavy atom. The van der Waals surface area contributed by atoms with Crippen LogP contribution in [0.25, 0.3) is 0 Å². The first-order valence-corrected chi connectivity index (χ1v) is 39.0. The molecule has 50 atom stereocenters. The Bertz CT molecular complexity index is 3290. The van der Waals surface area contributed by atoms with Gasteiger partial charge in [0.15, 0.2) is 62.9 Å². The summed E-state index contributed by atoms with van der Waals surface area (Å²) in [5.41, 5.74) is 0. The molecule has 706 valence electrons. The highest BCUT2D eigenvalue weighted by Gasteiger charge is 2.62. The number of aliphatic hydroxyl groups excluding tert-OH is 27. The van der Waals surface area contributed by atoms with Gasteiger partial charge < -0.3 is 249 Å². The lowest BCUT2D eigenvalue weighted by Crippen LogP contribution is -2.71. The lowest BCUT2D eigenvalue weighted by Gasteiger charge is -2.51. The molecule has 0 saturated carbocycles. The van der Waals surface area contributed by atoms with E-state index in [1.54, 1.807) is 0 Å². The molecule has 31 N–H and O–H groups in total. The second-order valence-electron chi connectivity index (χ2n) is 31.0. The second-order valence-corrected chi connectivity index (χ2v) is 31.0. The molecule has 4 amide bonds. The van der Waals surface area contributed by atoms with E-state index in [1.807, 2.05) is 0 Å². The lowest BCUT2D eigenvalue weighted by atomic mass is 9.93. The molecule has 0 radical (unpaired) electrons. The van der Waals surface area contributed by atoms with E-state index in [2.05, 4.69) is 21.3 Å². The molecule has 0 aromatic rings. The van der Waals surface area contributed by atoms with Crippen molar-refractivity contribution in [2.24, 2.45) is 0 Å². The number of hydrogen-bond donors (Lipinski definition) is 31. The molecule has 0 bridgehead atoms. The van der Waals surface area contributed by atoms with Gasteiger partial charge >= 0.3 is 0 Å². The van der Waals surface area contributed by atoms with E-state index in [9.17, 15) is 157 Å². The minimum Gasteiger partial charge on any atom is -0.394 e. The summed E-state index contributed by atoms with van der Waals surface area (Å²) in [5, 5.41) is 310. The Labute approximate surface area is 691 Å². The first-order chi connectivity index (χ1) is 57.7. The largest absolute Gasteiger partial charge is 0.394 e. The van der Waals surface area contributed by atoms with Gasteiger partial charge in [0.2, 0.25) is 23.6 Å². The molecule has 10 rings (SSSR count). The quantitative estimate of drug-likeness (QED) is 0.0306.